The minimum Gasteiger partial charge on any atom is -0.293 e. The van der Waals surface area contributed by atoms with Crippen LogP contribution in [-0.2, 0) is 6.42 Å². The number of hydrogen-bond acceptors (Lipinski definition) is 2. The molecule has 1 aromatic rings. The lowest BCUT2D eigenvalue weighted by Crippen LogP contribution is -2.01. The lowest BCUT2D eigenvalue weighted by Gasteiger charge is -1.88. The summed E-state index contributed by atoms with van der Waals surface area (Å²) in [6, 6.07) is 0. The number of aryl methyl sites for hydroxylation is 1. The fourth-order valence-electron chi connectivity index (χ4n) is 0.768. The monoisotopic (exact) mass is 141 g/mol. The lowest BCUT2D eigenvalue weighted by molar-refractivity contribution is 0.755. The highest BCUT2D eigenvalue weighted by Gasteiger charge is 1.94. The quantitative estimate of drug-likeness (QED) is 0.641. The minimum atomic E-state index is -0.217. The van der Waals surface area contributed by atoms with E-state index in [-0.39, 0.29) is 5.69 Å². The zero-order chi connectivity index (χ0) is 7.40. The number of nitrogens with one attached hydrogen (secondary N) is 2. The summed E-state index contributed by atoms with van der Waals surface area (Å²) in [6.45, 7) is 2.10. The Morgan fingerprint density at radius 1 is 1.60 bits per heavy atom. The van der Waals surface area contributed by atoms with E-state index < -0.39 is 0 Å². The van der Waals surface area contributed by atoms with Crippen molar-refractivity contribution in [1.82, 2.24) is 15.2 Å². The fraction of sp³-hybridized carbons (Fsp3) is 0.667. The predicted octanol–water partition coefficient (Wildman–Crippen LogP) is 0.441. The van der Waals surface area contributed by atoms with Gasteiger partial charge in [0, 0.05) is 6.42 Å². The summed E-state index contributed by atoms with van der Waals surface area (Å²) in [6.07, 6.45) is 3.05. The maximum atomic E-state index is 10.5. The number of unbranched alkanes of at least 4 members (excludes halogenated alkanes) is 1. The van der Waals surface area contributed by atoms with Gasteiger partial charge in [-0.25, -0.2) is 9.89 Å². The van der Waals surface area contributed by atoms with Crippen LogP contribution >= 0.6 is 0 Å². The van der Waals surface area contributed by atoms with Crippen molar-refractivity contribution < 1.29 is 0 Å². The van der Waals surface area contributed by atoms with Crippen molar-refractivity contribution in [3.05, 3.63) is 16.3 Å². The second kappa shape index (κ2) is 3.20. The molecule has 0 bridgehead atoms. The van der Waals surface area contributed by atoms with Crippen LogP contribution in [0.4, 0.5) is 0 Å². The van der Waals surface area contributed by atoms with Crippen LogP contribution in [0.3, 0.4) is 0 Å². The molecule has 0 unspecified atom stereocenters. The zero-order valence-electron chi connectivity index (χ0n) is 5.98. The van der Waals surface area contributed by atoms with Gasteiger partial charge in [0.25, 0.3) is 0 Å². The average Bonchev–Trinajstić information content (AvgIpc) is 2.31. The molecule has 56 valence electrons. The smallest absolute Gasteiger partial charge is 0.293 e. The SMILES string of the molecule is CCCCc1n[nH]c(=O)[nH]1. The number of aromatic amines is 2. The van der Waals surface area contributed by atoms with Crippen molar-refractivity contribution >= 4 is 0 Å². The van der Waals surface area contributed by atoms with Gasteiger partial charge in [0.2, 0.25) is 0 Å². The van der Waals surface area contributed by atoms with Crippen molar-refractivity contribution in [3.8, 4) is 0 Å². The van der Waals surface area contributed by atoms with Gasteiger partial charge in [-0.15, -0.1) is 0 Å². The molecule has 1 aromatic heterocycles. The molecule has 0 aromatic carbocycles. The van der Waals surface area contributed by atoms with Crippen molar-refractivity contribution in [3.63, 3.8) is 0 Å². The molecule has 1 heterocycles. The Bertz CT molecular complexity index is 237. The molecule has 0 atom stereocenters. The third-order valence-electron chi connectivity index (χ3n) is 1.32. The van der Waals surface area contributed by atoms with Crippen LogP contribution in [0.2, 0.25) is 0 Å². The highest BCUT2D eigenvalue weighted by molar-refractivity contribution is 4.79. The van der Waals surface area contributed by atoms with E-state index in [1.54, 1.807) is 0 Å². The van der Waals surface area contributed by atoms with E-state index in [4.69, 9.17) is 0 Å². The molecular weight excluding hydrogens is 130 g/mol. The van der Waals surface area contributed by atoms with Crippen LogP contribution in [0.15, 0.2) is 4.79 Å². The van der Waals surface area contributed by atoms with E-state index in [9.17, 15) is 4.79 Å². The summed E-state index contributed by atoms with van der Waals surface area (Å²) in [5, 5.41) is 6.08. The van der Waals surface area contributed by atoms with Crippen LogP contribution in [-0.4, -0.2) is 15.2 Å². The Kier molecular flexibility index (Phi) is 2.25. The fourth-order valence-corrected chi connectivity index (χ4v) is 0.768. The van der Waals surface area contributed by atoms with Crippen molar-refractivity contribution in [1.29, 1.82) is 0 Å². The number of H-pyrrole nitrogens is 2. The normalized spacial score (nSPS) is 10.1. The molecule has 0 fully saturated rings. The standard InChI is InChI=1S/C6H11N3O/c1-2-3-4-5-7-6(10)9-8-5/h2-4H2,1H3,(H2,7,8,9,10). The average molecular weight is 141 g/mol. The third-order valence-corrected chi connectivity index (χ3v) is 1.32. The van der Waals surface area contributed by atoms with Crippen molar-refractivity contribution in [2.45, 2.75) is 26.2 Å². The molecule has 0 radical (unpaired) electrons. The van der Waals surface area contributed by atoms with E-state index in [1.165, 1.54) is 0 Å². The summed E-state index contributed by atoms with van der Waals surface area (Å²) < 4.78 is 0. The van der Waals surface area contributed by atoms with Gasteiger partial charge in [-0.3, -0.25) is 4.98 Å². The van der Waals surface area contributed by atoms with Gasteiger partial charge >= 0.3 is 5.69 Å². The number of aromatic nitrogens is 3. The van der Waals surface area contributed by atoms with E-state index in [0.717, 1.165) is 25.1 Å². The van der Waals surface area contributed by atoms with Crippen LogP contribution in [0.25, 0.3) is 0 Å². The molecule has 0 saturated heterocycles. The lowest BCUT2D eigenvalue weighted by atomic mass is 10.2. The molecular formula is C6H11N3O. The van der Waals surface area contributed by atoms with Crippen molar-refractivity contribution in [2.75, 3.05) is 0 Å². The summed E-state index contributed by atoms with van der Waals surface area (Å²) in [5.41, 5.74) is -0.217. The molecule has 2 N–H and O–H groups in total. The Morgan fingerprint density at radius 2 is 2.40 bits per heavy atom. The molecule has 0 saturated carbocycles. The first kappa shape index (κ1) is 7.05. The molecule has 1 rings (SSSR count). The highest BCUT2D eigenvalue weighted by atomic mass is 16.1. The van der Waals surface area contributed by atoms with Crippen LogP contribution < -0.4 is 5.69 Å². The molecule has 0 aliphatic heterocycles. The molecule has 0 amide bonds. The largest absolute Gasteiger partial charge is 0.340 e. The molecule has 0 aliphatic carbocycles. The Balaban J connectivity index is 2.50. The second-order valence-corrected chi connectivity index (χ2v) is 2.23. The van der Waals surface area contributed by atoms with E-state index >= 15 is 0 Å². The van der Waals surface area contributed by atoms with Gasteiger partial charge in [0.15, 0.2) is 0 Å². The Labute approximate surface area is 58.7 Å². The highest BCUT2D eigenvalue weighted by Crippen LogP contribution is 1.93. The van der Waals surface area contributed by atoms with Gasteiger partial charge in [-0.1, -0.05) is 13.3 Å². The van der Waals surface area contributed by atoms with E-state index in [1.807, 2.05) is 0 Å². The number of nitrogens with zero attached hydrogens (tertiary/aromatic N) is 1. The van der Waals surface area contributed by atoms with Crippen LogP contribution in [0, 0.1) is 0 Å². The Morgan fingerprint density at radius 3 is 2.90 bits per heavy atom. The first-order valence-corrected chi connectivity index (χ1v) is 3.46. The van der Waals surface area contributed by atoms with E-state index in [0.29, 0.717) is 0 Å². The summed E-state index contributed by atoms with van der Waals surface area (Å²) >= 11 is 0. The van der Waals surface area contributed by atoms with Gasteiger partial charge in [-0.2, -0.15) is 5.10 Å². The van der Waals surface area contributed by atoms with Gasteiger partial charge < -0.3 is 0 Å². The summed E-state index contributed by atoms with van der Waals surface area (Å²) in [5.74, 6) is 0.756. The summed E-state index contributed by atoms with van der Waals surface area (Å²) in [4.78, 5) is 13.1. The van der Waals surface area contributed by atoms with Gasteiger partial charge in [-0.05, 0) is 6.42 Å². The van der Waals surface area contributed by atoms with Crippen LogP contribution in [0.1, 0.15) is 25.6 Å². The Hall–Kier alpha value is -1.06. The van der Waals surface area contributed by atoms with Crippen molar-refractivity contribution in [2.24, 2.45) is 0 Å². The first-order valence-electron chi connectivity index (χ1n) is 3.46. The first-order chi connectivity index (χ1) is 4.83. The molecule has 10 heavy (non-hydrogen) atoms. The second-order valence-electron chi connectivity index (χ2n) is 2.23. The molecule has 4 heteroatoms. The third kappa shape index (κ3) is 1.72. The maximum Gasteiger partial charge on any atom is 0.340 e. The zero-order valence-corrected chi connectivity index (χ0v) is 5.98. The molecule has 0 aliphatic rings. The number of rotatable bonds is 3. The summed E-state index contributed by atoms with van der Waals surface area (Å²) in [7, 11) is 0. The minimum absolute atomic E-state index is 0.217. The predicted molar refractivity (Wildman–Crippen MR) is 37.8 cm³/mol. The molecule has 4 nitrogen and oxygen atoms in total. The topological polar surface area (TPSA) is 61.5 Å². The maximum absolute atomic E-state index is 10.5. The van der Waals surface area contributed by atoms with E-state index in [2.05, 4.69) is 22.1 Å². The van der Waals surface area contributed by atoms with Gasteiger partial charge in [0.05, 0.1) is 0 Å². The van der Waals surface area contributed by atoms with Crippen LogP contribution in [0.5, 0.6) is 0 Å². The molecule has 0 spiro atoms. The van der Waals surface area contributed by atoms with Gasteiger partial charge in [0.1, 0.15) is 5.82 Å². The number of hydrogen-bond donors (Lipinski definition) is 2.